The van der Waals surface area contributed by atoms with E-state index in [4.69, 9.17) is 0 Å². The second kappa shape index (κ2) is 8.16. The van der Waals surface area contributed by atoms with E-state index in [1.54, 1.807) is 12.5 Å². The highest BCUT2D eigenvalue weighted by Crippen LogP contribution is 2.27. The van der Waals surface area contributed by atoms with Gasteiger partial charge in [0.2, 0.25) is 0 Å². The van der Waals surface area contributed by atoms with Crippen LogP contribution in [0.5, 0.6) is 0 Å². The van der Waals surface area contributed by atoms with Gasteiger partial charge < -0.3 is 9.47 Å². The maximum Gasteiger partial charge on any atom is 0.0943 e. The van der Waals surface area contributed by atoms with E-state index in [0.717, 1.165) is 26.2 Å². The Morgan fingerprint density at radius 2 is 2.00 bits per heavy atom. The second-order valence-electron chi connectivity index (χ2n) is 6.31. The Balaban J connectivity index is 0.000000268. The van der Waals surface area contributed by atoms with Gasteiger partial charge in [0, 0.05) is 50.8 Å². The predicted molar refractivity (Wildman–Crippen MR) is 97.8 cm³/mol. The van der Waals surface area contributed by atoms with Gasteiger partial charge in [0.25, 0.3) is 0 Å². The van der Waals surface area contributed by atoms with Crippen molar-refractivity contribution in [2.45, 2.75) is 40.3 Å². The Morgan fingerprint density at radius 1 is 1.22 bits per heavy atom. The van der Waals surface area contributed by atoms with E-state index in [9.17, 15) is 0 Å². The number of aromatic nitrogens is 2. The number of nitrogens with zero attached hydrogens (tertiary/aromatic N) is 4. The van der Waals surface area contributed by atoms with Gasteiger partial charge in [0.1, 0.15) is 0 Å². The number of benzene rings is 1. The lowest BCUT2D eigenvalue weighted by atomic mass is 10.1. The quantitative estimate of drug-likeness (QED) is 0.848. The van der Waals surface area contributed by atoms with Gasteiger partial charge in [-0.05, 0) is 38.9 Å². The van der Waals surface area contributed by atoms with Gasteiger partial charge in [-0.1, -0.05) is 24.6 Å². The van der Waals surface area contributed by atoms with Crippen molar-refractivity contribution in [2.24, 2.45) is 7.05 Å². The molecule has 1 atom stereocenters. The van der Waals surface area contributed by atoms with Crippen LogP contribution < -0.4 is 4.90 Å². The lowest BCUT2D eigenvalue weighted by Gasteiger charge is -2.28. The summed E-state index contributed by atoms with van der Waals surface area (Å²) < 4.78 is 1.89. The van der Waals surface area contributed by atoms with Crippen LogP contribution in [0.25, 0.3) is 0 Å². The molecular weight excluding hydrogens is 284 g/mol. The fraction of sp³-hybridized carbons (Fsp3) is 0.526. The van der Waals surface area contributed by atoms with Crippen molar-refractivity contribution in [2.75, 3.05) is 24.5 Å². The summed E-state index contributed by atoms with van der Waals surface area (Å²) in [5.74, 6) is 0. The molecule has 0 amide bonds. The minimum atomic E-state index is 0.632. The number of rotatable bonds is 2. The van der Waals surface area contributed by atoms with Crippen molar-refractivity contribution < 1.29 is 0 Å². The molecule has 4 nitrogen and oxygen atoms in total. The molecule has 0 saturated carbocycles. The average molecular weight is 314 g/mol. The Kier molecular flexibility index (Phi) is 6.22. The van der Waals surface area contributed by atoms with Gasteiger partial charge in [-0.25, -0.2) is 4.98 Å². The van der Waals surface area contributed by atoms with E-state index in [1.165, 1.54) is 16.8 Å². The number of likely N-dealkylation sites (N-methyl/N-ethyl adjacent to an activating group) is 2. The number of hydrogen-bond donors (Lipinski definition) is 0. The summed E-state index contributed by atoms with van der Waals surface area (Å²) in [5, 5.41) is 0. The predicted octanol–water partition coefficient (Wildman–Crippen LogP) is 3.47. The van der Waals surface area contributed by atoms with E-state index in [2.05, 4.69) is 60.7 Å². The van der Waals surface area contributed by atoms with Gasteiger partial charge in [-0.15, -0.1) is 0 Å². The molecule has 1 aliphatic heterocycles. The zero-order valence-electron chi connectivity index (χ0n) is 15.2. The maximum atomic E-state index is 3.78. The Bertz CT molecular complexity index is 591. The van der Waals surface area contributed by atoms with Crippen LogP contribution in [-0.4, -0.2) is 40.1 Å². The third kappa shape index (κ3) is 4.58. The molecule has 1 aromatic carbocycles. The SMILES string of the molecule is CCN1CC(C)N(CC)Cc2cc(C)ccc21.Cn1ccnc1. The van der Waals surface area contributed by atoms with Crippen LogP contribution in [0.3, 0.4) is 0 Å². The zero-order valence-corrected chi connectivity index (χ0v) is 15.2. The van der Waals surface area contributed by atoms with E-state index in [0.29, 0.717) is 6.04 Å². The first-order chi connectivity index (χ1) is 11.0. The van der Waals surface area contributed by atoms with Crippen molar-refractivity contribution in [3.8, 4) is 0 Å². The molecule has 2 heterocycles. The molecule has 1 aliphatic rings. The van der Waals surface area contributed by atoms with Crippen LogP contribution in [0.4, 0.5) is 5.69 Å². The van der Waals surface area contributed by atoms with Crippen LogP contribution in [0.15, 0.2) is 36.9 Å². The van der Waals surface area contributed by atoms with Gasteiger partial charge in [0.15, 0.2) is 0 Å². The third-order valence-electron chi connectivity index (χ3n) is 4.48. The maximum absolute atomic E-state index is 3.78. The smallest absolute Gasteiger partial charge is 0.0943 e. The second-order valence-corrected chi connectivity index (χ2v) is 6.31. The Labute approximate surface area is 140 Å². The van der Waals surface area contributed by atoms with E-state index in [-0.39, 0.29) is 0 Å². The van der Waals surface area contributed by atoms with E-state index >= 15 is 0 Å². The number of hydrogen-bond acceptors (Lipinski definition) is 3. The molecule has 1 unspecified atom stereocenters. The van der Waals surface area contributed by atoms with Crippen LogP contribution in [0.1, 0.15) is 31.9 Å². The monoisotopic (exact) mass is 314 g/mol. The molecule has 0 bridgehead atoms. The van der Waals surface area contributed by atoms with E-state index < -0.39 is 0 Å². The minimum absolute atomic E-state index is 0.632. The van der Waals surface area contributed by atoms with Crippen molar-refractivity contribution in [1.82, 2.24) is 14.5 Å². The van der Waals surface area contributed by atoms with Crippen LogP contribution in [0.2, 0.25) is 0 Å². The summed E-state index contributed by atoms with van der Waals surface area (Å²) in [6.07, 6.45) is 5.39. The number of imidazole rings is 1. The largest absolute Gasteiger partial charge is 0.370 e. The molecule has 126 valence electrons. The average Bonchev–Trinajstić information content (AvgIpc) is 2.97. The topological polar surface area (TPSA) is 24.3 Å². The molecule has 0 aliphatic carbocycles. The third-order valence-corrected chi connectivity index (χ3v) is 4.48. The van der Waals surface area contributed by atoms with Crippen LogP contribution in [-0.2, 0) is 13.6 Å². The zero-order chi connectivity index (χ0) is 16.8. The summed E-state index contributed by atoms with van der Waals surface area (Å²) in [4.78, 5) is 8.86. The number of anilines is 1. The lowest BCUT2D eigenvalue weighted by molar-refractivity contribution is 0.220. The Hall–Kier alpha value is -1.81. The van der Waals surface area contributed by atoms with E-state index in [1.807, 2.05) is 17.8 Å². The molecule has 2 aromatic rings. The molecule has 3 rings (SSSR count). The summed E-state index contributed by atoms with van der Waals surface area (Å²) >= 11 is 0. The number of aryl methyl sites for hydroxylation is 2. The lowest BCUT2D eigenvalue weighted by Crippen LogP contribution is -2.39. The van der Waals surface area contributed by atoms with Gasteiger partial charge in [-0.3, -0.25) is 4.90 Å². The molecule has 0 fully saturated rings. The first-order valence-electron chi connectivity index (χ1n) is 8.55. The van der Waals surface area contributed by atoms with Crippen LogP contribution >= 0.6 is 0 Å². The fourth-order valence-corrected chi connectivity index (χ4v) is 3.11. The summed E-state index contributed by atoms with van der Waals surface area (Å²) in [7, 11) is 1.94. The fourth-order valence-electron chi connectivity index (χ4n) is 3.11. The van der Waals surface area contributed by atoms with Crippen molar-refractivity contribution in [3.63, 3.8) is 0 Å². The van der Waals surface area contributed by atoms with Crippen molar-refractivity contribution in [1.29, 1.82) is 0 Å². The highest BCUT2D eigenvalue weighted by molar-refractivity contribution is 5.55. The van der Waals surface area contributed by atoms with Gasteiger partial charge in [0.05, 0.1) is 6.33 Å². The molecule has 4 heteroatoms. The molecule has 23 heavy (non-hydrogen) atoms. The Morgan fingerprint density at radius 3 is 2.52 bits per heavy atom. The number of fused-ring (bicyclic) bond motifs is 1. The highest BCUT2D eigenvalue weighted by Gasteiger charge is 2.23. The van der Waals surface area contributed by atoms with Crippen molar-refractivity contribution in [3.05, 3.63) is 48.0 Å². The minimum Gasteiger partial charge on any atom is -0.370 e. The summed E-state index contributed by atoms with van der Waals surface area (Å²) in [6.45, 7) is 13.5. The van der Waals surface area contributed by atoms with Gasteiger partial charge in [-0.2, -0.15) is 0 Å². The van der Waals surface area contributed by atoms with Crippen molar-refractivity contribution >= 4 is 5.69 Å². The molecule has 0 N–H and O–H groups in total. The van der Waals surface area contributed by atoms with Crippen LogP contribution in [0, 0.1) is 6.92 Å². The molecule has 0 spiro atoms. The van der Waals surface area contributed by atoms with Gasteiger partial charge >= 0.3 is 0 Å². The molecule has 0 radical (unpaired) electrons. The first-order valence-corrected chi connectivity index (χ1v) is 8.55. The summed E-state index contributed by atoms with van der Waals surface area (Å²) in [6, 6.07) is 7.50. The highest BCUT2D eigenvalue weighted by atomic mass is 15.2. The standard InChI is InChI=1S/C15H24N2.C4H6N2/c1-5-16-11-14-9-12(3)7-8-15(14)17(6-2)10-13(16)4;1-6-3-2-5-4-6/h7-9,13H,5-6,10-11H2,1-4H3;2-4H,1H3. The molecular formula is C19H30N4. The molecule has 0 saturated heterocycles. The normalized spacial score (nSPS) is 18.0. The summed E-state index contributed by atoms with van der Waals surface area (Å²) in [5.41, 5.74) is 4.28. The molecule has 1 aromatic heterocycles. The first kappa shape index (κ1) is 17.5.